The topological polar surface area (TPSA) is 98.1 Å². The van der Waals surface area contributed by atoms with Gasteiger partial charge in [0.1, 0.15) is 17.2 Å². The zero-order valence-electron chi connectivity index (χ0n) is 23.4. The molecule has 2 amide bonds. The first-order chi connectivity index (χ1) is 19.4. The fourth-order valence-corrected chi connectivity index (χ4v) is 6.66. The van der Waals surface area contributed by atoms with Gasteiger partial charge in [-0.1, -0.05) is 24.3 Å². The normalized spacial score (nSPS) is 14.8. The molecule has 0 bridgehead atoms. The van der Waals surface area contributed by atoms with Gasteiger partial charge in [-0.05, 0) is 57.5 Å². The number of aromatic nitrogens is 1. The molecule has 3 aromatic carbocycles. The van der Waals surface area contributed by atoms with E-state index in [1.807, 2.05) is 0 Å². The second kappa shape index (κ2) is 10.7. The van der Waals surface area contributed by atoms with Crippen molar-refractivity contribution in [3.05, 3.63) is 72.2 Å². The summed E-state index contributed by atoms with van der Waals surface area (Å²) in [5.74, 6) is -0.514. The Labute approximate surface area is 238 Å². The highest BCUT2D eigenvalue weighted by molar-refractivity contribution is 7.90. The molecule has 1 aromatic heterocycles. The summed E-state index contributed by atoms with van der Waals surface area (Å²) < 4.78 is 54.5. The molecule has 1 saturated heterocycles. The van der Waals surface area contributed by atoms with E-state index in [0.29, 0.717) is 36.0 Å². The van der Waals surface area contributed by atoms with Gasteiger partial charge in [-0.2, -0.15) is 0 Å². The first kappa shape index (κ1) is 28.4. The molecule has 1 fully saturated rings. The maximum Gasteiger partial charge on any atom is 0.410 e. The Morgan fingerprint density at radius 2 is 1.56 bits per heavy atom. The van der Waals surface area contributed by atoms with E-state index >= 15 is 0 Å². The lowest BCUT2D eigenvalue weighted by Crippen LogP contribution is -2.40. The monoisotopic (exact) mass is 581 g/mol. The van der Waals surface area contributed by atoms with Gasteiger partial charge >= 0.3 is 6.09 Å². The van der Waals surface area contributed by atoms with Crippen molar-refractivity contribution in [2.45, 2.75) is 37.7 Å². The molecular weight excluding hydrogens is 549 g/mol. The zero-order chi connectivity index (χ0) is 29.5. The summed E-state index contributed by atoms with van der Waals surface area (Å²) in [6.45, 7) is 6.59. The number of rotatable bonds is 4. The summed E-state index contributed by atoms with van der Waals surface area (Å²) in [6, 6.07) is 13.7. The van der Waals surface area contributed by atoms with Crippen molar-refractivity contribution in [2.24, 2.45) is 0 Å². The lowest BCUT2D eigenvalue weighted by Gasteiger charge is -2.26. The molecule has 1 aliphatic heterocycles. The van der Waals surface area contributed by atoms with Crippen molar-refractivity contribution in [2.75, 3.05) is 33.3 Å². The molecule has 9 nitrogen and oxygen atoms in total. The first-order valence-electron chi connectivity index (χ1n) is 13.3. The Morgan fingerprint density at radius 1 is 0.878 bits per heavy atom. The fraction of sp³-hybridized carbons (Fsp3) is 0.333. The lowest BCUT2D eigenvalue weighted by molar-refractivity contribution is 0.0255. The van der Waals surface area contributed by atoms with Crippen LogP contribution in [0.25, 0.3) is 21.7 Å². The van der Waals surface area contributed by atoms with E-state index in [9.17, 15) is 22.4 Å². The predicted octanol–water partition coefficient (Wildman–Crippen LogP) is 5.26. The Kier molecular flexibility index (Phi) is 7.41. The van der Waals surface area contributed by atoms with E-state index in [4.69, 9.17) is 9.47 Å². The van der Waals surface area contributed by atoms with Crippen LogP contribution in [0, 0.1) is 5.82 Å². The molecule has 0 atom stereocenters. The van der Waals surface area contributed by atoms with Crippen LogP contribution in [0.4, 0.5) is 9.18 Å². The standard InChI is InChI=1S/C30H32FN3O6S/c1-30(2,3)40-29(36)33-15-7-14-32(16-17-33)28(35)24-19-34(25-11-10-20(31)18-23(24)25)41(37,38)27-13-12-26(39-4)21-8-5-6-9-22(21)27/h5-6,8-13,18-19H,7,14-17H2,1-4H3. The molecular formula is C30H32FN3O6S. The summed E-state index contributed by atoms with van der Waals surface area (Å²) in [6.07, 6.45) is 1.31. The Hall–Kier alpha value is -4.12. The number of ether oxygens (including phenoxy) is 2. The van der Waals surface area contributed by atoms with E-state index in [1.54, 1.807) is 60.9 Å². The van der Waals surface area contributed by atoms with Gasteiger partial charge in [-0.25, -0.2) is 21.6 Å². The van der Waals surface area contributed by atoms with E-state index in [0.717, 1.165) is 3.97 Å². The molecule has 11 heteroatoms. The van der Waals surface area contributed by atoms with Crippen LogP contribution in [0.15, 0.2) is 65.7 Å². The van der Waals surface area contributed by atoms with E-state index in [1.165, 1.54) is 37.6 Å². The van der Waals surface area contributed by atoms with Crippen molar-refractivity contribution in [3.8, 4) is 5.75 Å². The maximum atomic E-state index is 14.4. The lowest BCUT2D eigenvalue weighted by atomic mass is 10.1. The minimum absolute atomic E-state index is 0.0249. The average molecular weight is 582 g/mol. The number of carbonyl (C=O) groups is 2. The van der Waals surface area contributed by atoms with Crippen LogP contribution < -0.4 is 4.74 Å². The highest BCUT2D eigenvalue weighted by Crippen LogP contribution is 2.34. The van der Waals surface area contributed by atoms with Crippen LogP contribution in [0.2, 0.25) is 0 Å². The van der Waals surface area contributed by atoms with Gasteiger partial charge in [0, 0.05) is 48.5 Å². The van der Waals surface area contributed by atoms with Crippen molar-refractivity contribution < 1.29 is 31.9 Å². The molecule has 0 aliphatic carbocycles. The molecule has 41 heavy (non-hydrogen) atoms. The summed E-state index contributed by atoms with van der Waals surface area (Å²) >= 11 is 0. The highest BCUT2D eigenvalue weighted by atomic mass is 32.2. The molecule has 0 saturated carbocycles. The predicted molar refractivity (Wildman–Crippen MR) is 153 cm³/mol. The smallest absolute Gasteiger partial charge is 0.410 e. The third kappa shape index (κ3) is 5.46. The molecule has 1 aliphatic rings. The molecule has 0 unspecified atom stereocenters. The number of hydrogen-bond acceptors (Lipinski definition) is 6. The van der Waals surface area contributed by atoms with Crippen LogP contribution in [0.3, 0.4) is 0 Å². The largest absolute Gasteiger partial charge is 0.496 e. The van der Waals surface area contributed by atoms with Crippen LogP contribution in [0.5, 0.6) is 5.75 Å². The number of halogens is 1. The molecule has 5 rings (SSSR count). The number of fused-ring (bicyclic) bond motifs is 2. The van der Waals surface area contributed by atoms with E-state index < -0.39 is 33.4 Å². The van der Waals surface area contributed by atoms with Crippen LogP contribution in [0.1, 0.15) is 37.6 Å². The van der Waals surface area contributed by atoms with Crippen LogP contribution in [-0.4, -0.2) is 73.1 Å². The van der Waals surface area contributed by atoms with Gasteiger partial charge in [0.25, 0.3) is 15.9 Å². The quantitative estimate of drug-likeness (QED) is 0.326. The summed E-state index contributed by atoms with van der Waals surface area (Å²) in [5, 5.41) is 1.26. The van der Waals surface area contributed by atoms with E-state index in [-0.39, 0.29) is 34.5 Å². The van der Waals surface area contributed by atoms with Gasteiger partial charge in [0.15, 0.2) is 0 Å². The van der Waals surface area contributed by atoms with Crippen molar-refractivity contribution in [1.29, 1.82) is 0 Å². The molecule has 216 valence electrons. The van der Waals surface area contributed by atoms with Crippen molar-refractivity contribution in [3.63, 3.8) is 0 Å². The van der Waals surface area contributed by atoms with Gasteiger partial charge < -0.3 is 19.3 Å². The second-order valence-electron chi connectivity index (χ2n) is 10.9. The number of carbonyl (C=O) groups excluding carboxylic acids is 2. The zero-order valence-corrected chi connectivity index (χ0v) is 24.2. The number of nitrogens with zero attached hydrogens (tertiary/aromatic N) is 3. The minimum Gasteiger partial charge on any atom is -0.496 e. The van der Waals surface area contributed by atoms with Gasteiger partial charge in [0.2, 0.25) is 0 Å². The molecule has 0 radical (unpaired) electrons. The SMILES string of the molecule is COc1ccc(S(=O)(=O)n2cc(C(=O)N3CCCN(C(=O)OC(C)(C)C)CC3)c3cc(F)ccc32)c2ccccc12. The van der Waals surface area contributed by atoms with Gasteiger partial charge in [-0.3, -0.25) is 4.79 Å². The van der Waals surface area contributed by atoms with Crippen LogP contribution in [-0.2, 0) is 14.8 Å². The second-order valence-corrected chi connectivity index (χ2v) is 12.7. The number of amides is 2. The summed E-state index contributed by atoms with van der Waals surface area (Å²) in [4.78, 5) is 29.5. The number of benzene rings is 3. The number of methoxy groups -OCH3 is 1. The van der Waals surface area contributed by atoms with Gasteiger partial charge in [0.05, 0.1) is 23.1 Å². The maximum absolute atomic E-state index is 14.4. The Balaban J connectivity index is 1.53. The molecule has 0 spiro atoms. The van der Waals surface area contributed by atoms with Crippen molar-refractivity contribution in [1.82, 2.24) is 13.8 Å². The Morgan fingerprint density at radius 3 is 2.27 bits per heavy atom. The molecule has 2 heterocycles. The highest BCUT2D eigenvalue weighted by Gasteiger charge is 2.30. The van der Waals surface area contributed by atoms with Crippen molar-refractivity contribution >= 4 is 43.7 Å². The van der Waals surface area contributed by atoms with Gasteiger partial charge in [-0.15, -0.1) is 0 Å². The van der Waals surface area contributed by atoms with Crippen LogP contribution >= 0.6 is 0 Å². The third-order valence-corrected chi connectivity index (χ3v) is 8.73. The summed E-state index contributed by atoms with van der Waals surface area (Å²) in [5.41, 5.74) is -0.405. The molecule has 4 aromatic rings. The average Bonchev–Trinajstić information content (AvgIpc) is 3.12. The first-order valence-corrected chi connectivity index (χ1v) is 14.7. The minimum atomic E-state index is -4.22. The number of hydrogen-bond donors (Lipinski definition) is 0. The molecule has 0 N–H and O–H groups in total. The summed E-state index contributed by atoms with van der Waals surface area (Å²) in [7, 11) is -2.71. The third-order valence-electron chi connectivity index (χ3n) is 7.00. The van der Waals surface area contributed by atoms with E-state index in [2.05, 4.69) is 0 Å². The fourth-order valence-electron chi connectivity index (χ4n) is 5.09. The Bertz CT molecular complexity index is 1760.